The molecule has 0 aliphatic rings. The summed E-state index contributed by atoms with van der Waals surface area (Å²) in [5, 5.41) is 3.96. The number of rotatable bonds is 4. The molecular formula is C15H14N2O2. The lowest BCUT2D eigenvalue weighted by atomic mass is 10.0. The van der Waals surface area contributed by atoms with E-state index in [-0.39, 0.29) is 5.97 Å². The Morgan fingerprint density at radius 1 is 1.16 bits per heavy atom. The smallest absolute Gasteiger partial charge is 0.318 e. The van der Waals surface area contributed by atoms with Gasteiger partial charge in [0.25, 0.3) is 0 Å². The van der Waals surface area contributed by atoms with Crippen molar-refractivity contribution in [1.29, 1.82) is 0 Å². The number of nitrogens with zero attached hydrogens (tertiary/aromatic N) is 2. The average Bonchev–Trinajstić information content (AvgIpc) is 2.49. The van der Waals surface area contributed by atoms with Crippen LogP contribution in [0, 0.1) is 0 Å². The van der Waals surface area contributed by atoms with Crippen LogP contribution in [0.25, 0.3) is 0 Å². The molecule has 0 bridgehead atoms. The first-order valence-electron chi connectivity index (χ1n) is 6.05. The van der Waals surface area contributed by atoms with Crippen LogP contribution >= 0.6 is 0 Å². The van der Waals surface area contributed by atoms with Crippen molar-refractivity contribution < 1.29 is 9.63 Å². The Kier molecular flexibility index (Phi) is 4.39. The Morgan fingerprint density at radius 3 is 2.53 bits per heavy atom. The van der Waals surface area contributed by atoms with E-state index in [1.54, 1.807) is 19.3 Å². The fourth-order valence-corrected chi connectivity index (χ4v) is 1.53. The van der Waals surface area contributed by atoms with E-state index in [4.69, 9.17) is 4.84 Å². The molecule has 0 fully saturated rings. The molecule has 96 valence electrons. The fraction of sp³-hybridized carbons (Fsp3) is 0.133. The molecule has 0 saturated heterocycles. The second-order valence-electron chi connectivity index (χ2n) is 3.86. The highest BCUT2D eigenvalue weighted by Crippen LogP contribution is 2.10. The maximum atomic E-state index is 11.2. The molecule has 1 heterocycles. The Hall–Kier alpha value is -2.49. The number of pyridine rings is 1. The van der Waals surface area contributed by atoms with E-state index in [2.05, 4.69) is 10.1 Å². The minimum absolute atomic E-state index is 0.290. The highest BCUT2D eigenvalue weighted by molar-refractivity contribution is 6.12. The van der Waals surface area contributed by atoms with Crippen molar-refractivity contribution in [2.45, 2.75) is 13.3 Å². The monoisotopic (exact) mass is 254 g/mol. The molecule has 0 aliphatic heterocycles. The molecule has 4 nitrogen and oxygen atoms in total. The number of benzene rings is 1. The number of hydrogen-bond donors (Lipinski definition) is 0. The second kappa shape index (κ2) is 6.44. The number of hydrogen-bond acceptors (Lipinski definition) is 4. The summed E-state index contributed by atoms with van der Waals surface area (Å²) in [5.41, 5.74) is 2.27. The van der Waals surface area contributed by atoms with E-state index in [1.807, 2.05) is 42.5 Å². The summed E-state index contributed by atoms with van der Waals surface area (Å²) in [6.07, 6.45) is 3.66. The van der Waals surface area contributed by atoms with Crippen LogP contribution in [-0.4, -0.2) is 16.7 Å². The summed E-state index contributed by atoms with van der Waals surface area (Å²) in [6, 6.07) is 13.2. The molecule has 19 heavy (non-hydrogen) atoms. The van der Waals surface area contributed by atoms with Gasteiger partial charge < -0.3 is 4.84 Å². The normalized spacial score (nSPS) is 11.1. The topological polar surface area (TPSA) is 51.5 Å². The minimum atomic E-state index is -0.364. The lowest BCUT2D eigenvalue weighted by Crippen LogP contribution is -2.07. The van der Waals surface area contributed by atoms with Gasteiger partial charge in [0.1, 0.15) is 5.71 Å². The maximum absolute atomic E-state index is 11.2. The van der Waals surface area contributed by atoms with Crippen LogP contribution < -0.4 is 0 Å². The summed E-state index contributed by atoms with van der Waals surface area (Å²) in [5.74, 6) is -0.364. The molecule has 0 radical (unpaired) electrons. The summed E-state index contributed by atoms with van der Waals surface area (Å²) < 4.78 is 0. The molecule has 2 aromatic rings. The van der Waals surface area contributed by atoms with Crippen LogP contribution in [0.2, 0.25) is 0 Å². The number of carbonyl (C=O) groups is 1. The van der Waals surface area contributed by atoms with Gasteiger partial charge >= 0.3 is 5.97 Å². The SMILES string of the molecule is CCC(=O)ON=C(c1ccccc1)c1cccnc1. The number of carbonyl (C=O) groups excluding carboxylic acids is 1. The molecule has 0 atom stereocenters. The van der Waals surface area contributed by atoms with Gasteiger partial charge in [-0.2, -0.15) is 0 Å². The largest absolute Gasteiger partial charge is 0.334 e. The van der Waals surface area contributed by atoms with Crippen LogP contribution in [0.4, 0.5) is 0 Å². The van der Waals surface area contributed by atoms with E-state index in [9.17, 15) is 4.79 Å². The minimum Gasteiger partial charge on any atom is -0.318 e. The number of aromatic nitrogens is 1. The maximum Gasteiger partial charge on any atom is 0.334 e. The molecule has 1 aromatic heterocycles. The Morgan fingerprint density at radius 2 is 1.89 bits per heavy atom. The van der Waals surface area contributed by atoms with Crippen molar-refractivity contribution in [3.8, 4) is 0 Å². The third-order valence-corrected chi connectivity index (χ3v) is 2.51. The first-order valence-corrected chi connectivity index (χ1v) is 6.05. The van der Waals surface area contributed by atoms with Crippen molar-refractivity contribution in [3.05, 3.63) is 66.0 Å². The molecule has 0 unspecified atom stereocenters. The van der Waals surface area contributed by atoms with Gasteiger partial charge in [-0.3, -0.25) is 4.98 Å². The molecule has 0 N–H and O–H groups in total. The molecule has 0 saturated carbocycles. The first-order chi connectivity index (χ1) is 9.31. The Bertz CT molecular complexity index is 524. The third kappa shape index (κ3) is 3.48. The summed E-state index contributed by atoms with van der Waals surface area (Å²) in [6.45, 7) is 1.73. The van der Waals surface area contributed by atoms with Gasteiger partial charge in [0.15, 0.2) is 0 Å². The van der Waals surface area contributed by atoms with Crippen LogP contribution in [0.3, 0.4) is 0 Å². The van der Waals surface area contributed by atoms with E-state index >= 15 is 0 Å². The zero-order valence-electron chi connectivity index (χ0n) is 10.6. The van der Waals surface area contributed by atoms with E-state index in [1.165, 1.54) is 0 Å². The van der Waals surface area contributed by atoms with Gasteiger partial charge in [0, 0.05) is 29.9 Å². The van der Waals surface area contributed by atoms with Crippen LogP contribution in [0.1, 0.15) is 24.5 Å². The standard InChI is InChI=1S/C15H14N2O2/c1-2-14(18)19-17-15(12-7-4-3-5-8-12)13-9-6-10-16-11-13/h3-11H,2H2,1H3. The molecule has 2 rings (SSSR count). The van der Waals surface area contributed by atoms with Gasteiger partial charge in [-0.25, -0.2) is 4.79 Å². The van der Waals surface area contributed by atoms with Crippen LogP contribution in [0.5, 0.6) is 0 Å². The van der Waals surface area contributed by atoms with E-state index in [0.717, 1.165) is 11.1 Å². The molecular weight excluding hydrogens is 240 g/mol. The summed E-state index contributed by atoms with van der Waals surface area (Å²) in [4.78, 5) is 20.2. The predicted molar refractivity (Wildman–Crippen MR) is 72.7 cm³/mol. The highest BCUT2D eigenvalue weighted by Gasteiger charge is 2.08. The fourth-order valence-electron chi connectivity index (χ4n) is 1.53. The lowest BCUT2D eigenvalue weighted by molar-refractivity contribution is -0.143. The summed E-state index contributed by atoms with van der Waals surface area (Å²) in [7, 11) is 0. The highest BCUT2D eigenvalue weighted by atomic mass is 16.7. The molecule has 0 aliphatic carbocycles. The van der Waals surface area contributed by atoms with Gasteiger partial charge in [0.05, 0.1) is 0 Å². The van der Waals surface area contributed by atoms with Crippen molar-refractivity contribution in [1.82, 2.24) is 4.98 Å². The zero-order chi connectivity index (χ0) is 13.5. The van der Waals surface area contributed by atoms with Gasteiger partial charge in [-0.1, -0.05) is 42.4 Å². The predicted octanol–water partition coefficient (Wildman–Crippen LogP) is 2.79. The Labute approximate surface area is 111 Å². The van der Waals surface area contributed by atoms with Crippen LogP contribution in [0.15, 0.2) is 60.0 Å². The van der Waals surface area contributed by atoms with E-state index < -0.39 is 0 Å². The summed E-state index contributed by atoms with van der Waals surface area (Å²) >= 11 is 0. The molecule has 4 heteroatoms. The lowest BCUT2D eigenvalue weighted by Gasteiger charge is -2.05. The number of oxime groups is 1. The molecule has 0 spiro atoms. The molecule has 1 aromatic carbocycles. The second-order valence-corrected chi connectivity index (χ2v) is 3.86. The zero-order valence-corrected chi connectivity index (χ0v) is 10.6. The van der Waals surface area contributed by atoms with Gasteiger partial charge in [0.2, 0.25) is 0 Å². The van der Waals surface area contributed by atoms with E-state index in [0.29, 0.717) is 12.1 Å². The van der Waals surface area contributed by atoms with Gasteiger partial charge in [-0.15, -0.1) is 0 Å². The van der Waals surface area contributed by atoms with Crippen molar-refractivity contribution >= 4 is 11.7 Å². The average molecular weight is 254 g/mol. The molecule has 0 amide bonds. The van der Waals surface area contributed by atoms with Crippen LogP contribution in [-0.2, 0) is 9.63 Å². The van der Waals surface area contributed by atoms with Crippen molar-refractivity contribution in [2.75, 3.05) is 0 Å². The quantitative estimate of drug-likeness (QED) is 0.479. The Balaban J connectivity index is 2.37. The third-order valence-electron chi connectivity index (χ3n) is 2.51. The van der Waals surface area contributed by atoms with Crippen molar-refractivity contribution in [3.63, 3.8) is 0 Å². The van der Waals surface area contributed by atoms with Gasteiger partial charge in [-0.05, 0) is 12.1 Å². The first kappa shape index (κ1) is 13.0. The van der Waals surface area contributed by atoms with Crippen molar-refractivity contribution in [2.24, 2.45) is 5.16 Å².